The molecule has 0 bridgehead atoms. The van der Waals surface area contributed by atoms with Gasteiger partial charge in [0, 0.05) is 17.5 Å². The number of fused-ring (bicyclic) bond motifs is 1. The quantitative estimate of drug-likeness (QED) is 0.253. The number of nitrogens with zero attached hydrogens (tertiary/aromatic N) is 1. The summed E-state index contributed by atoms with van der Waals surface area (Å²) in [4.78, 5) is 28.8. The molecule has 1 saturated heterocycles. The number of amides is 2. The highest BCUT2D eigenvalue weighted by molar-refractivity contribution is 6.06. The van der Waals surface area contributed by atoms with Crippen molar-refractivity contribution in [1.29, 1.82) is 0 Å². The maximum atomic E-state index is 13.7. The fourth-order valence-electron chi connectivity index (χ4n) is 7.12. The maximum absolute atomic E-state index is 13.7. The lowest BCUT2D eigenvalue weighted by molar-refractivity contribution is -0.143. The highest BCUT2D eigenvalue weighted by atomic mass is 16.3. The van der Waals surface area contributed by atoms with Crippen molar-refractivity contribution >= 4 is 17.9 Å². The Morgan fingerprint density at radius 2 is 1.79 bits per heavy atom. The molecule has 6 nitrogen and oxygen atoms in total. The Morgan fingerprint density at radius 1 is 1.05 bits per heavy atom. The summed E-state index contributed by atoms with van der Waals surface area (Å²) in [5.74, 6) is -1.49. The summed E-state index contributed by atoms with van der Waals surface area (Å²) in [5.41, 5.74) is 3.76. The molecule has 0 aromatic heterocycles. The molecule has 208 valence electrons. The Morgan fingerprint density at radius 3 is 2.45 bits per heavy atom. The number of imide groups is 1. The van der Waals surface area contributed by atoms with Crippen LogP contribution >= 0.6 is 0 Å². The highest BCUT2D eigenvalue weighted by Gasteiger charge is 2.56. The number of rotatable bonds is 11. The van der Waals surface area contributed by atoms with E-state index in [4.69, 9.17) is 0 Å². The van der Waals surface area contributed by atoms with Crippen molar-refractivity contribution in [2.45, 2.75) is 103 Å². The van der Waals surface area contributed by atoms with E-state index in [1.165, 1.54) is 0 Å². The third-order valence-corrected chi connectivity index (χ3v) is 8.87. The summed E-state index contributed by atoms with van der Waals surface area (Å²) in [6.45, 7) is 3.95. The van der Waals surface area contributed by atoms with Crippen molar-refractivity contribution in [3.05, 3.63) is 46.5 Å². The van der Waals surface area contributed by atoms with Crippen LogP contribution in [0, 0.1) is 17.8 Å². The van der Waals surface area contributed by atoms with Gasteiger partial charge in [-0.15, -0.1) is 0 Å². The second-order valence-corrected chi connectivity index (χ2v) is 11.4. The molecule has 1 aliphatic heterocycles. The number of aliphatic hydroxyl groups is 2. The molecule has 1 heterocycles. The molecule has 38 heavy (non-hydrogen) atoms. The number of aromatic hydroxyl groups is 1. The van der Waals surface area contributed by atoms with Crippen LogP contribution in [-0.2, 0) is 9.59 Å². The molecule has 2 aliphatic carbocycles. The van der Waals surface area contributed by atoms with Gasteiger partial charge in [0.25, 0.3) is 0 Å². The van der Waals surface area contributed by atoms with Crippen LogP contribution in [0.2, 0.25) is 0 Å². The van der Waals surface area contributed by atoms with Gasteiger partial charge in [-0.2, -0.15) is 0 Å². The van der Waals surface area contributed by atoms with Crippen molar-refractivity contribution in [1.82, 2.24) is 4.90 Å². The topological polar surface area (TPSA) is 98.1 Å². The first-order valence-electron chi connectivity index (χ1n) is 14.8. The predicted octanol–water partition coefficient (Wildman–Crippen LogP) is 5.76. The van der Waals surface area contributed by atoms with E-state index in [0.717, 1.165) is 80.1 Å². The number of para-hydroxylation sites is 1. The average Bonchev–Trinajstić information content (AvgIpc) is 3.17. The third kappa shape index (κ3) is 5.91. The highest BCUT2D eigenvalue weighted by Crippen LogP contribution is 2.48. The smallest absolute Gasteiger partial charge is 0.234 e. The van der Waals surface area contributed by atoms with Crippen LogP contribution in [-0.4, -0.2) is 50.8 Å². The van der Waals surface area contributed by atoms with E-state index in [0.29, 0.717) is 19.3 Å². The van der Waals surface area contributed by atoms with Gasteiger partial charge in [-0.05, 0) is 56.6 Å². The van der Waals surface area contributed by atoms with Gasteiger partial charge in [0.1, 0.15) is 5.75 Å². The van der Waals surface area contributed by atoms with Gasteiger partial charge in [-0.1, -0.05) is 81.4 Å². The minimum Gasteiger partial charge on any atom is -0.507 e. The number of likely N-dealkylation sites (tertiary alicyclic amines) is 1. The molecule has 4 atom stereocenters. The number of benzene rings is 1. The molecule has 6 heteroatoms. The SMILES string of the molecule is CCCC1=C([C@H](O)CC/C(=C/c2ccccc2O)CCC)[C@H](CO)[C@@H]2C(=O)N(C3CCCCC3)C(=O)[C@@H]2C1. The Hall–Kier alpha value is -2.44. The number of phenols is 1. The summed E-state index contributed by atoms with van der Waals surface area (Å²) in [5, 5.41) is 32.3. The fourth-order valence-corrected chi connectivity index (χ4v) is 7.12. The number of hydrogen-bond donors (Lipinski definition) is 3. The van der Waals surface area contributed by atoms with Crippen LogP contribution in [0.4, 0.5) is 0 Å². The first-order valence-corrected chi connectivity index (χ1v) is 14.8. The first kappa shape index (κ1) is 28.6. The standard InChI is InChI=1S/C32H45NO5/c1-3-10-21(18-22-12-8-9-15-27(22)35)16-17-28(36)29-23(11-4-2)19-25-30(26(29)20-34)32(38)33(31(25)37)24-13-6-5-7-14-24/h8-9,12,15,18,24-26,28,30,34-36H,3-7,10-11,13-14,16-17,19-20H2,1-2H3/b21-18+/t25-,26+,28-,30-/m1/s1. The second-order valence-electron chi connectivity index (χ2n) is 11.4. The van der Waals surface area contributed by atoms with Gasteiger partial charge in [0.05, 0.1) is 24.5 Å². The van der Waals surface area contributed by atoms with Crippen molar-refractivity contribution in [3.8, 4) is 5.75 Å². The third-order valence-electron chi connectivity index (χ3n) is 8.87. The number of phenolic OH excluding ortho intramolecular Hbond substituents is 1. The van der Waals surface area contributed by atoms with Crippen molar-refractivity contribution in [3.63, 3.8) is 0 Å². The zero-order chi connectivity index (χ0) is 27.2. The van der Waals surface area contributed by atoms with Crippen LogP contribution in [0.5, 0.6) is 5.75 Å². The minimum absolute atomic E-state index is 0.0205. The summed E-state index contributed by atoms with van der Waals surface area (Å²) >= 11 is 0. The Labute approximate surface area is 227 Å². The van der Waals surface area contributed by atoms with E-state index in [-0.39, 0.29) is 30.2 Å². The summed E-state index contributed by atoms with van der Waals surface area (Å²) in [6, 6.07) is 7.23. The lowest BCUT2D eigenvalue weighted by Gasteiger charge is -2.36. The first-order chi connectivity index (χ1) is 18.4. The van der Waals surface area contributed by atoms with E-state index < -0.39 is 23.9 Å². The molecular formula is C32H45NO5. The molecule has 0 unspecified atom stereocenters. The largest absolute Gasteiger partial charge is 0.507 e. The van der Waals surface area contributed by atoms with Gasteiger partial charge >= 0.3 is 0 Å². The number of carbonyl (C=O) groups excluding carboxylic acids is 2. The average molecular weight is 524 g/mol. The van der Waals surface area contributed by atoms with Gasteiger partial charge < -0.3 is 15.3 Å². The van der Waals surface area contributed by atoms with Crippen LogP contribution in [0.15, 0.2) is 41.0 Å². The molecule has 0 spiro atoms. The fraction of sp³-hybridized carbons (Fsp3) is 0.625. The summed E-state index contributed by atoms with van der Waals surface area (Å²) in [7, 11) is 0. The Bertz CT molecular complexity index is 1050. The Balaban J connectivity index is 1.57. The second kappa shape index (κ2) is 13.1. The number of aliphatic hydroxyl groups excluding tert-OH is 2. The normalized spacial score (nSPS) is 25.7. The van der Waals surface area contributed by atoms with E-state index in [2.05, 4.69) is 13.8 Å². The lowest BCUT2D eigenvalue weighted by Crippen LogP contribution is -2.42. The van der Waals surface area contributed by atoms with Crippen molar-refractivity contribution < 1.29 is 24.9 Å². The van der Waals surface area contributed by atoms with Gasteiger partial charge in [-0.25, -0.2) is 0 Å². The number of carbonyl (C=O) groups is 2. The van der Waals surface area contributed by atoms with Crippen LogP contribution < -0.4 is 0 Å². The monoisotopic (exact) mass is 523 g/mol. The molecule has 1 saturated carbocycles. The van der Waals surface area contributed by atoms with Crippen LogP contribution in [0.3, 0.4) is 0 Å². The molecule has 4 rings (SSSR count). The molecule has 1 aromatic rings. The van der Waals surface area contributed by atoms with E-state index in [1.807, 2.05) is 18.2 Å². The molecule has 3 N–H and O–H groups in total. The minimum atomic E-state index is -0.786. The van der Waals surface area contributed by atoms with Gasteiger partial charge in [-0.3, -0.25) is 14.5 Å². The zero-order valence-electron chi connectivity index (χ0n) is 23.1. The molecule has 0 radical (unpaired) electrons. The van der Waals surface area contributed by atoms with Gasteiger partial charge in [0.2, 0.25) is 11.8 Å². The molecule has 2 fully saturated rings. The molecule has 2 amide bonds. The predicted molar refractivity (Wildman–Crippen MR) is 149 cm³/mol. The lowest BCUT2D eigenvalue weighted by atomic mass is 9.67. The van der Waals surface area contributed by atoms with Crippen LogP contribution in [0.25, 0.3) is 6.08 Å². The maximum Gasteiger partial charge on any atom is 0.234 e. The summed E-state index contributed by atoms with van der Waals surface area (Å²) in [6.07, 6.45) is 11.3. The molecular weight excluding hydrogens is 478 g/mol. The number of allylic oxidation sites excluding steroid dienone is 2. The van der Waals surface area contributed by atoms with Crippen molar-refractivity contribution in [2.75, 3.05) is 6.61 Å². The molecule has 1 aromatic carbocycles. The van der Waals surface area contributed by atoms with E-state index in [1.54, 1.807) is 17.0 Å². The summed E-state index contributed by atoms with van der Waals surface area (Å²) < 4.78 is 0. The van der Waals surface area contributed by atoms with E-state index >= 15 is 0 Å². The Kier molecular flexibility index (Phi) is 9.83. The van der Waals surface area contributed by atoms with Gasteiger partial charge in [0.15, 0.2) is 0 Å². The van der Waals surface area contributed by atoms with E-state index in [9.17, 15) is 24.9 Å². The number of hydrogen-bond acceptors (Lipinski definition) is 5. The molecule has 3 aliphatic rings. The van der Waals surface area contributed by atoms with Crippen molar-refractivity contribution in [2.24, 2.45) is 17.8 Å². The zero-order valence-corrected chi connectivity index (χ0v) is 23.1. The van der Waals surface area contributed by atoms with Crippen LogP contribution in [0.1, 0.15) is 96.5 Å².